The fourth-order valence-corrected chi connectivity index (χ4v) is 2.10. The van der Waals surface area contributed by atoms with Crippen molar-refractivity contribution < 1.29 is 37.6 Å². The molecule has 8 nitrogen and oxygen atoms in total. The first-order chi connectivity index (χ1) is 14.7. The molecule has 0 bridgehead atoms. The standard InChI is InChI=1S/C16H12ClF3N2O6.C3H9S/c1-8(15(23)24)21-28-14-7-10(3-4-12(14)22(25)26)27-13-5-2-9(6-11(13)17)16(18,19)20;1-4(2)3/h2-8,21H,1H3,(H,23,24);1-3H3/q;+1/t8-;/m0./s1. The van der Waals surface area contributed by atoms with E-state index in [0.29, 0.717) is 17.0 Å². The van der Waals surface area contributed by atoms with Gasteiger partial charge in [-0.3, -0.25) is 14.9 Å². The van der Waals surface area contributed by atoms with Gasteiger partial charge in [-0.05, 0) is 42.1 Å². The molecular formula is C19H21ClF3N2O6S+. The summed E-state index contributed by atoms with van der Waals surface area (Å²) >= 11 is 5.80. The number of hydrogen-bond donors (Lipinski definition) is 2. The topological polar surface area (TPSA) is 111 Å². The second-order valence-corrected chi connectivity index (χ2v) is 9.49. The highest BCUT2D eigenvalue weighted by Crippen LogP contribution is 2.38. The molecule has 0 amide bonds. The molecule has 13 heteroatoms. The maximum Gasteiger partial charge on any atom is 0.416 e. The third-order valence-electron chi connectivity index (χ3n) is 3.33. The number of halogens is 4. The zero-order chi connectivity index (χ0) is 24.6. The molecule has 0 unspecified atom stereocenters. The van der Waals surface area contributed by atoms with Crippen LogP contribution in [-0.4, -0.2) is 40.8 Å². The predicted octanol–water partition coefficient (Wildman–Crippen LogP) is 4.91. The number of hydroxylamine groups is 1. The van der Waals surface area contributed by atoms with Crippen molar-refractivity contribution in [2.75, 3.05) is 18.8 Å². The lowest BCUT2D eigenvalue weighted by Crippen LogP contribution is -2.36. The molecule has 0 saturated carbocycles. The number of rotatable bonds is 7. The third-order valence-corrected chi connectivity index (χ3v) is 3.63. The molecule has 0 radical (unpaired) electrons. The summed E-state index contributed by atoms with van der Waals surface area (Å²) in [6.45, 7) is 1.25. The summed E-state index contributed by atoms with van der Waals surface area (Å²) < 4.78 is 43.4. The van der Waals surface area contributed by atoms with Crippen LogP contribution in [0.3, 0.4) is 0 Å². The van der Waals surface area contributed by atoms with E-state index in [9.17, 15) is 28.1 Å². The summed E-state index contributed by atoms with van der Waals surface area (Å²) in [6.07, 6.45) is 2.00. The molecule has 0 heterocycles. The van der Waals surface area contributed by atoms with E-state index in [1.165, 1.54) is 13.0 Å². The maximum absolute atomic E-state index is 12.7. The Labute approximate surface area is 189 Å². The Hall–Kier alpha value is -2.70. The Bertz CT molecular complexity index is 956. The molecular weight excluding hydrogens is 477 g/mol. The van der Waals surface area contributed by atoms with Crippen molar-refractivity contribution in [2.24, 2.45) is 0 Å². The quantitative estimate of drug-likeness (QED) is 0.317. The number of carboxylic acid groups (broad SMARTS) is 1. The van der Waals surface area contributed by atoms with Gasteiger partial charge in [-0.25, -0.2) is 0 Å². The lowest BCUT2D eigenvalue weighted by atomic mass is 10.2. The van der Waals surface area contributed by atoms with E-state index in [-0.39, 0.29) is 22.3 Å². The van der Waals surface area contributed by atoms with Crippen LogP contribution < -0.4 is 15.1 Å². The highest BCUT2D eigenvalue weighted by atomic mass is 35.5. The van der Waals surface area contributed by atoms with Gasteiger partial charge < -0.3 is 14.7 Å². The van der Waals surface area contributed by atoms with Crippen LogP contribution in [0.15, 0.2) is 36.4 Å². The van der Waals surface area contributed by atoms with Gasteiger partial charge in [-0.15, -0.1) is 5.48 Å². The summed E-state index contributed by atoms with van der Waals surface area (Å²) in [6, 6.07) is 4.53. The smallest absolute Gasteiger partial charge is 0.416 e. The highest BCUT2D eigenvalue weighted by molar-refractivity contribution is 7.94. The number of nitrogens with zero attached hydrogens (tertiary/aromatic N) is 1. The molecule has 2 N–H and O–H groups in total. The fraction of sp³-hybridized carbons (Fsp3) is 0.316. The van der Waals surface area contributed by atoms with Crippen molar-refractivity contribution in [2.45, 2.75) is 19.1 Å². The van der Waals surface area contributed by atoms with Crippen molar-refractivity contribution in [3.05, 3.63) is 57.1 Å². The Morgan fingerprint density at radius 3 is 2.25 bits per heavy atom. The normalized spacial score (nSPS) is 11.9. The van der Waals surface area contributed by atoms with Gasteiger partial charge in [-0.1, -0.05) is 11.6 Å². The van der Waals surface area contributed by atoms with E-state index in [4.69, 9.17) is 26.3 Å². The summed E-state index contributed by atoms with van der Waals surface area (Å²) in [5, 5.41) is 19.5. The molecule has 0 saturated heterocycles. The van der Waals surface area contributed by atoms with Crippen LogP contribution in [-0.2, 0) is 21.9 Å². The van der Waals surface area contributed by atoms with E-state index >= 15 is 0 Å². The number of carbonyl (C=O) groups is 1. The summed E-state index contributed by atoms with van der Waals surface area (Å²) in [4.78, 5) is 26.0. The van der Waals surface area contributed by atoms with Crippen LogP contribution in [0, 0.1) is 10.1 Å². The van der Waals surface area contributed by atoms with Crippen LogP contribution in [0.2, 0.25) is 5.02 Å². The van der Waals surface area contributed by atoms with Crippen LogP contribution >= 0.6 is 11.6 Å². The van der Waals surface area contributed by atoms with Crippen molar-refractivity contribution >= 4 is 34.2 Å². The minimum absolute atomic E-state index is 0.0352. The van der Waals surface area contributed by atoms with Gasteiger partial charge in [0, 0.05) is 12.1 Å². The van der Waals surface area contributed by atoms with Gasteiger partial charge in [0.05, 0.1) is 34.3 Å². The van der Waals surface area contributed by atoms with E-state index in [1.807, 2.05) is 0 Å². The fourth-order valence-electron chi connectivity index (χ4n) is 1.88. The number of nitrogens with one attached hydrogen (secondary N) is 1. The predicted molar refractivity (Wildman–Crippen MR) is 116 cm³/mol. The number of alkyl halides is 3. The second kappa shape index (κ2) is 11.8. The number of ether oxygens (including phenoxy) is 1. The molecule has 2 aromatic rings. The number of benzene rings is 2. The largest absolute Gasteiger partial charge is 0.480 e. The Kier molecular flexibility index (Phi) is 10.1. The molecule has 2 rings (SSSR count). The zero-order valence-electron chi connectivity index (χ0n) is 17.4. The van der Waals surface area contributed by atoms with E-state index in [2.05, 4.69) is 24.2 Å². The minimum atomic E-state index is -4.58. The summed E-state index contributed by atoms with van der Waals surface area (Å²) in [5.74, 6) is -1.78. The Morgan fingerprint density at radius 1 is 1.19 bits per heavy atom. The third kappa shape index (κ3) is 8.81. The van der Waals surface area contributed by atoms with Gasteiger partial charge in [0.1, 0.15) is 17.5 Å². The average Bonchev–Trinajstić information content (AvgIpc) is 2.66. The first kappa shape index (κ1) is 27.3. The zero-order valence-corrected chi connectivity index (χ0v) is 19.0. The van der Waals surface area contributed by atoms with Gasteiger partial charge in [-0.2, -0.15) is 13.2 Å². The van der Waals surface area contributed by atoms with Crippen LogP contribution in [0.25, 0.3) is 0 Å². The summed E-state index contributed by atoms with van der Waals surface area (Å²) in [7, 11) is 0.639. The maximum atomic E-state index is 12.7. The van der Waals surface area contributed by atoms with Gasteiger partial charge in [0.2, 0.25) is 5.75 Å². The molecule has 2 aromatic carbocycles. The van der Waals surface area contributed by atoms with Gasteiger partial charge in [0.25, 0.3) is 0 Å². The lowest BCUT2D eigenvalue weighted by molar-refractivity contribution is -0.386. The molecule has 0 spiro atoms. The Balaban J connectivity index is 0.00000118. The highest BCUT2D eigenvalue weighted by Gasteiger charge is 2.31. The first-order valence-electron chi connectivity index (χ1n) is 8.69. The van der Waals surface area contributed by atoms with E-state index < -0.39 is 34.4 Å². The lowest BCUT2D eigenvalue weighted by Gasteiger charge is -2.13. The minimum Gasteiger partial charge on any atom is -0.480 e. The molecule has 0 aliphatic carbocycles. The molecule has 32 heavy (non-hydrogen) atoms. The first-order valence-corrected chi connectivity index (χ1v) is 11.5. The van der Waals surface area contributed by atoms with Crippen LogP contribution in [0.1, 0.15) is 12.5 Å². The second-order valence-electron chi connectivity index (χ2n) is 6.64. The Morgan fingerprint density at radius 2 is 1.78 bits per heavy atom. The van der Waals surface area contributed by atoms with Crippen LogP contribution in [0.5, 0.6) is 17.2 Å². The summed E-state index contributed by atoms with van der Waals surface area (Å²) in [5.41, 5.74) is 0.652. The molecule has 1 atom stereocenters. The number of aliphatic carboxylic acids is 1. The van der Waals surface area contributed by atoms with Crippen molar-refractivity contribution in [3.63, 3.8) is 0 Å². The monoisotopic (exact) mass is 497 g/mol. The van der Waals surface area contributed by atoms with E-state index in [0.717, 1.165) is 24.3 Å². The average molecular weight is 498 g/mol. The van der Waals surface area contributed by atoms with Crippen LogP contribution in [0.4, 0.5) is 18.9 Å². The van der Waals surface area contributed by atoms with Gasteiger partial charge in [0.15, 0.2) is 0 Å². The molecule has 176 valence electrons. The SMILES string of the molecule is C[C@H](NOc1cc(Oc2ccc(C(F)(F)F)cc2Cl)ccc1[N+](=O)[O-])C(=O)O.C[S+](C)C. The molecule has 0 aliphatic rings. The van der Waals surface area contributed by atoms with Crippen molar-refractivity contribution in [3.8, 4) is 17.2 Å². The number of nitro groups is 1. The number of hydrogen-bond acceptors (Lipinski definition) is 6. The van der Waals surface area contributed by atoms with Gasteiger partial charge >= 0.3 is 17.8 Å². The molecule has 0 fully saturated rings. The van der Waals surface area contributed by atoms with E-state index in [1.54, 1.807) is 0 Å². The van der Waals surface area contributed by atoms with Crippen molar-refractivity contribution in [1.29, 1.82) is 0 Å². The van der Waals surface area contributed by atoms with Crippen molar-refractivity contribution in [1.82, 2.24) is 5.48 Å². The molecule has 0 aromatic heterocycles. The number of carboxylic acids is 1. The number of nitro benzene ring substituents is 1. The molecule has 0 aliphatic heterocycles.